The highest BCUT2D eigenvalue weighted by Gasteiger charge is 2.19. The van der Waals surface area contributed by atoms with Crippen LogP contribution in [-0.4, -0.2) is 16.9 Å². The van der Waals surface area contributed by atoms with E-state index in [-0.39, 0.29) is 11.3 Å². The number of aliphatic hydroxyl groups excluding tert-OH is 1. The van der Waals surface area contributed by atoms with Gasteiger partial charge in [-0.2, -0.15) is 0 Å². The van der Waals surface area contributed by atoms with Crippen molar-refractivity contribution in [1.29, 1.82) is 0 Å². The van der Waals surface area contributed by atoms with Crippen molar-refractivity contribution in [2.24, 2.45) is 0 Å². The number of carbonyl (C=O) groups excluding carboxylic acids is 2. The predicted molar refractivity (Wildman–Crippen MR) is 82.6 cm³/mol. The SMILES string of the molecule is C=C(C)C(=O)Oc1cccc(C(O)C(=O)c2ccccc2)c1. The molecule has 22 heavy (non-hydrogen) atoms. The predicted octanol–water partition coefficient (Wildman–Crippen LogP) is 3.08. The van der Waals surface area contributed by atoms with Crippen LogP contribution in [0, 0.1) is 0 Å². The molecule has 0 aliphatic carbocycles. The third kappa shape index (κ3) is 3.68. The number of hydrogen-bond donors (Lipinski definition) is 1. The Labute approximate surface area is 128 Å². The lowest BCUT2D eigenvalue weighted by atomic mass is 10.00. The summed E-state index contributed by atoms with van der Waals surface area (Å²) in [6, 6.07) is 14.8. The van der Waals surface area contributed by atoms with Gasteiger partial charge in [0.05, 0.1) is 0 Å². The van der Waals surface area contributed by atoms with Gasteiger partial charge in [0.2, 0.25) is 0 Å². The Bertz CT molecular complexity index is 704. The van der Waals surface area contributed by atoms with Crippen LogP contribution in [0.5, 0.6) is 5.75 Å². The summed E-state index contributed by atoms with van der Waals surface area (Å²) >= 11 is 0. The molecule has 4 heteroatoms. The van der Waals surface area contributed by atoms with Crippen LogP contribution in [0.3, 0.4) is 0 Å². The molecule has 0 saturated carbocycles. The van der Waals surface area contributed by atoms with Crippen LogP contribution in [0.2, 0.25) is 0 Å². The van der Waals surface area contributed by atoms with Gasteiger partial charge < -0.3 is 9.84 Å². The third-order valence-electron chi connectivity index (χ3n) is 3.04. The van der Waals surface area contributed by atoms with Crippen LogP contribution in [0.1, 0.15) is 28.9 Å². The van der Waals surface area contributed by atoms with Crippen molar-refractivity contribution in [3.8, 4) is 5.75 Å². The first kappa shape index (κ1) is 15.7. The quantitative estimate of drug-likeness (QED) is 0.398. The molecule has 0 saturated heterocycles. The normalized spacial score (nSPS) is 11.5. The third-order valence-corrected chi connectivity index (χ3v) is 3.04. The standard InChI is InChI=1S/C18H16O4/c1-12(2)18(21)22-15-10-6-9-14(11-15)17(20)16(19)13-7-4-3-5-8-13/h3-11,17,20H,1H2,2H3. The van der Waals surface area contributed by atoms with Gasteiger partial charge >= 0.3 is 5.97 Å². The van der Waals surface area contributed by atoms with Crippen molar-refractivity contribution in [2.45, 2.75) is 13.0 Å². The number of Topliss-reactive ketones (excluding diaryl/α,β-unsaturated/α-hetero) is 1. The Balaban J connectivity index is 2.20. The number of benzene rings is 2. The second kappa shape index (κ2) is 6.83. The summed E-state index contributed by atoms with van der Waals surface area (Å²) in [4.78, 5) is 23.7. The zero-order valence-corrected chi connectivity index (χ0v) is 12.2. The van der Waals surface area contributed by atoms with Crippen LogP contribution < -0.4 is 4.74 Å². The molecule has 1 unspecified atom stereocenters. The summed E-state index contributed by atoms with van der Waals surface area (Å²) in [6.45, 7) is 5.04. The molecule has 0 amide bonds. The van der Waals surface area contributed by atoms with E-state index in [9.17, 15) is 14.7 Å². The number of hydrogen-bond acceptors (Lipinski definition) is 4. The molecule has 0 heterocycles. The van der Waals surface area contributed by atoms with Crippen LogP contribution in [0.4, 0.5) is 0 Å². The molecule has 1 atom stereocenters. The molecular formula is C18H16O4. The van der Waals surface area contributed by atoms with E-state index in [1.165, 1.54) is 6.07 Å². The minimum atomic E-state index is -1.31. The second-order valence-corrected chi connectivity index (χ2v) is 4.88. The molecule has 0 fully saturated rings. The Hall–Kier alpha value is -2.72. The largest absolute Gasteiger partial charge is 0.423 e. The molecule has 0 bridgehead atoms. The van der Waals surface area contributed by atoms with E-state index < -0.39 is 17.9 Å². The molecule has 2 aromatic carbocycles. The number of carbonyl (C=O) groups is 2. The van der Waals surface area contributed by atoms with E-state index in [0.717, 1.165) is 0 Å². The van der Waals surface area contributed by atoms with Gasteiger partial charge in [-0.15, -0.1) is 0 Å². The molecule has 4 nitrogen and oxygen atoms in total. The molecule has 2 rings (SSSR count). The minimum absolute atomic E-state index is 0.255. The molecule has 1 N–H and O–H groups in total. The van der Waals surface area contributed by atoms with Gasteiger partial charge in [0.1, 0.15) is 11.9 Å². The molecule has 0 aliphatic heterocycles. The molecule has 2 aromatic rings. The molecule has 0 radical (unpaired) electrons. The van der Waals surface area contributed by atoms with Crippen LogP contribution in [0.15, 0.2) is 66.7 Å². The fraction of sp³-hybridized carbons (Fsp3) is 0.111. The van der Waals surface area contributed by atoms with Crippen molar-refractivity contribution < 1.29 is 19.4 Å². The van der Waals surface area contributed by atoms with E-state index in [1.54, 1.807) is 55.5 Å². The maximum absolute atomic E-state index is 12.2. The van der Waals surface area contributed by atoms with Crippen molar-refractivity contribution >= 4 is 11.8 Å². The maximum Gasteiger partial charge on any atom is 0.338 e. The summed E-state index contributed by atoms with van der Waals surface area (Å²) in [7, 11) is 0. The Morgan fingerprint density at radius 1 is 1.09 bits per heavy atom. The van der Waals surface area contributed by atoms with Crippen molar-refractivity contribution in [3.63, 3.8) is 0 Å². The average molecular weight is 296 g/mol. The van der Waals surface area contributed by atoms with E-state index in [1.807, 2.05) is 0 Å². The van der Waals surface area contributed by atoms with E-state index >= 15 is 0 Å². The van der Waals surface area contributed by atoms with Crippen LogP contribution >= 0.6 is 0 Å². The summed E-state index contributed by atoms with van der Waals surface area (Å²) in [6.07, 6.45) is -1.31. The highest BCUT2D eigenvalue weighted by molar-refractivity contribution is 5.99. The van der Waals surface area contributed by atoms with Gasteiger partial charge in [0, 0.05) is 11.1 Å². The fourth-order valence-electron chi connectivity index (χ4n) is 1.85. The van der Waals surface area contributed by atoms with Crippen LogP contribution in [0.25, 0.3) is 0 Å². The smallest absolute Gasteiger partial charge is 0.338 e. The lowest BCUT2D eigenvalue weighted by Gasteiger charge is -2.11. The summed E-state index contributed by atoms with van der Waals surface area (Å²) in [5, 5.41) is 10.2. The molecule has 0 spiro atoms. The molecule has 112 valence electrons. The lowest BCUT2D eigenvalue weighted by molar-refractivity contribution is -0.130. The fourth-order valence-corrected chi connectivity index (χ4v) is 1.85. The van der Waals surface area contributed by atoms with Gasteiger partial charge in [-0.05, 0) is 24.6 Å². The topological polar surface area (TPSA) is 63.6 Å². The zero-order chi connectivity index (χ0) is 16.1. The number of ether oxygens (including phenoxy) is 1. The van der Waals surface area contributed by atoms with E-state index in [4.69, 9.17) is 4.74 Å². The first-order valence-electron chi connectivity index (χ1n) is 6.74. The van der Waals surface area contributed by atoms with Crippen LogP contribution in [-0.2, 0) is 4.79 Å². The molecular weight excluding hydrogens is 280 g/mol. The average Bonchev–Trinajstić information content (AvgIpc) is 2.54. The van der Waals surface area contributed by atoms with Gasteiger partial charge in [0.25, 0.3) is 0 Å². The van der Waals surface area contributed by atoms with Gasteiger partial charge in [-0.3, -0.25) is 4.79 Å². The lowest BCUT2D eigenvalue weighted by Crippen LogP contribution is -2.13. The number of aliphatic hydroxyl groups is 1. The Morgan fingerprint density at radius 2 is 1.77 bits per heavy atom. The molecule has 0 aromatic heterocycles. The highest BCUT2D eigenvalue weighted by atomic mass is 16.5. The first-order valence-corrected chi connectivity index (χ1v) is 6.74. The van der Waals surface area contributed by atoms with E-state index in [2.05, 4.69) is 6.58 Å². The summed E-state index contributed by atoms with van der Waals surface area (Å²) in [5.41, 5.74) is 1.05. The summed E-state index contributed by atoms with van der Waals surface area (Å²) in [5.74, 6) is -0.713. The minimum Gasteiger partial charge on any atom is -0.423 e. The van der Waals surface area contributed by atoms with E-state index in [0.29, 0.717) is 11.1 Å². The van der Waals surface area contributed by atoms with Gasteiger partial charge in [-0.1, -0.05) is 49.0 Å². The first-order chi connectivity index (χ1) is 10.5. The molecule has 0 aliphatic rings. The Morgan fingerprint density at radius 3 is 2.41 bits per heavy atom. The van der Waals surface area contributed by atoms with Gasteiger partial charge in [0.15, 0.2) is 5.78 Å². The maximum atomic E-state index is 12.2. The highest BCUT2D eigenvalue weighted by Crippen LogP contribution is 2.23. The number of esters is 1. The Kier molecular flexibility index (Phi) is 4.86. The van der Waals surface area contributed by atoms with Crippen molar-refractivity contribution in [1.82, 2.24) is 0 Å². The number of rotatable bonds is 5. The summed E-state index contributed by atoms with van der Waals surface area (Å²) < 4.78 is 5.09. The van der Waals surface area contributed by atoms with Crippen molar-refractivity contribution in [2.75, 3.05) is 0 Å². The monoisotopic (exact) mass is 296 g/mol. The second-order valence-electron chi connectivity index (χ2n) is 4.88. The van der Waals surface area contributed by atoms with Crippen molar-refractivity contribution in [3.05, 3.63) is 77.9 Å². The number of ketones is 1. The van der Waals surface area contributed by atoms with Gasteiger partial charge in [-0.25, -0.2) is 4.79 Å². The zero-order valence-electron chi connectivity index (χ0n) is 12.2.